The van der Waals surface area contributed by atoms with Gasteiger partial charge in [0.2, 0.25) is 0 Å². The summed E-state index contributed by atoms with van der Waals surface area (Å²) in [5.74, 6) is 0.309. The first-order valence-electron chi connectivity index (χ1n) is 6.83. The molecule has 19 heavy (non-hydrogen) atoms. The molecule has 0 amide bonds. The number of furan rings is 1. The average Bonchev–Trinajstić information content (AvgIpc) is 3.06. The maximum absolute atomic E-state index is 13.2. The molecule has 0 spiro atoms. The zero-order valence-electron chi connectivity index (χ0n) is 10.6. The largest absolute Gasteiger partial charge is 0.458 e. The first kappa shape index (κ1) is 11.4. The van der Waals surface area contributed by atoms with Gasteiger partial charge in [-0.3, -0.25) is 4.90 Å². The van der Waals surface area contributed by atoms with Crippen molar-refractivity contribution in [2.24, 2.45) is 0 Å². The summed E-state index contributed by atoms with van der Waals surface area (Å²) < 4.78 is 19.0. The standard InChI is InChI=1S/C15H16FNO2/c16-11-3-4-12-10(8-11)9-14(19-12)15(18)5-7-17-6-1-2-13(15)17/h3-4,8-9,13,18H,1-2,5-7H2. The Morgan fingerprint density at radius 3 is 3.11 bits per heavy atom. The molecule has 2 unspecified atom stereocenters. The molecule has 0 aliphatic carbocycles. The van der Waals surface area contributed by atoms with Gasteiger partial charge < -0.3 is 9.52 Å². The molecule has 2 saturated heterocycles. The Balaban J connectivity index is 1.81. The molecular formula is C15H16FNO2. The maximum Gasteiger partial charge on any atom is 0.139 e. The third-order valence-electron chi connectivity index (χ3n) is 4.60. The van der Waals surface area contributed by atoms with Gasteiger partial charge in [0.15, 0.2) is 0 Å². The van der Waals surface area contributed by atoms with Crippen LogP contribution < -0.4 is 0 Å². The molecule has 0 bridgehead atoms. The van der Waals surface area contributed by atoms with E-state index in [0.717, 1.165) is 31.3 Å². The number of hydrogen-bond acceptors (Lipinski definition) is 3. The lowest BCUT2D eigenvalue weighted by atomic mass is 9.90. The highest BCUT2D eigenvalue weighted by atomic mass is 19.1. The van der Waals surface area contributed by atoms with Crippen LogP contribution in [0, 0.1) is 5.82 Å². The van der Waals surface area contributed by atoms with E-state index in [9.17, 15) is 9.50 Å². The fraction of sp³-hybridized carbons (Fsp3) is 0.467. The van der Waals surface area contributed by atoms with Crippen LogP contribution in [0.15, 0.2) is 28.7 Å². The fourth-order valence-electron chi connectivity index (χ4n) is 3.63. The predicted octanol–water partition coefficient (Wildman–Crippen LogP) is 2.63. The molecule has 2 aliphatic heterocycles. The second kappa shape index (κ2) is 3.81. The van der Waals surface area contributed by atoms with Crippen LogP contribution in [0.2, 0.25) is 0 Å². The molecular weight excluding hydrogens is 245 g/mol. The minimum atomic E-state index is -0.911. The molecule has 3 heterocycles. The van der Waals surface area contributed by atoms with E-state index in [1.54, 1.807) is 12.1 Å². The van der Waals surface area contributed by atoms with Crippen molar-refractivity contribution < 1.29 is 13.9 Å². The van der Waals surface area contributed by atoms with Crippen molar-refractivity contribution in [2.45, 2.75) is 30.9 Å². The monoisotopic (exact) mass is 261 g/mol. The van der Waals surface area contributed by atoms with Crippen LogP contribution in [0.1, 0.15) is 25.0 Å². The summed E-state index contributed by atoms with van der Waals surface area (Å²) in [6.45, 7) is 1.97. The number of hydrogen-bond donors (Lipinski definition) is 1. The number of fused-ring (bicyclic) bond motifs is 2. The average molecular weight is 261 g/mol. The van der Waals surface area contributed by atoms with Crippen LogP contribution in [-0.4, -0.2) is 29.1 Å². The summed E-state index contributed by atoms with van der Waals surface area (Å²) in [7, 11) is 0. The highest BCUT2D eigenvalue weighted by Crippen LogP contribution is 2.44. The van der Waals surface area contributed by atoms with E-state index in [-0.39, 0.29) is 11.9 Å². The SMILES string of the molecule is OC1(c2cc3cc(F)ccc3o2)CCN2CCCC21. The van der Waals surface area contributed by atoms with Crippen LogP contribution in [-0.2, 0) is 5.60 Å². The van der Waals surface area contributed by atoms with Gasteiger partial charge in [0.1, 0.15) is 22.8 Å². The number of nitrogens with zero attached hydrogens (tertiary/aromatic N) is 1. The lowest BCUT2D eigenvalue weighted by molar-refractivity contribution is -0.00880. The Labute approximate surface area is 110 Å². The molecule has 3 nitrogen and oxygen atoms in total. The molecule has 0 radical (unpaired) electrons. The number of rotatable bonds is 1. The number of halogens is 1. The lowest BCUT2D eigenvalue weighted by Gasteiger charge is -2.27. The molecule has 100 valence electrons. The first-order chi connectivity index (χ1) is 9.17. The van der Waals surface area contributed by atoms with Gasteiger partial charge in [0, 0.05) is 18.0 Å². The summed E-state index contributed by atoms with van der Waals surface area (Å²) in [5, 5.41) is 11.7. The lowest BCUT2D eigenvalue weighted by Crippen LogP contribution is -2.38. The molecule has 2 aliphatic rings. The maximum atomic E-state index is 13.2. The van der Waals surface area contributed by atoms with E-state index in [4.69, 9.17) is 4.42 Å². The summed E-state index contributed by atoms with van der Waals surface area (Å²) in [6.07, 6.45) is 2.82. The van der Waals surface area contributed by atoms with Gasteiger partial charge >= 0.3 is 0 Å². The third-order valence-corrected chi connectivity index (χ3v) is 4.60. The topological polar surface area (TPSA) is 36.6 Å². The fourth-order valence-corrected chi connectivity index (χ4v) is 3.63. The Morgan fingerprint density at radius 1 is 1.32 bits per heavy atom. The van der Waals surface area contributed by atoms with Crippen molar-refractivity contribution in [3.8, 4) is 0 Å². The van der Waals surface area contributed by atoms with E-state index in [0.29, 0.717) is 17.8 Å². The summed E-state index contributed by atoms with van der Waals surface area (Å²) in [4.78, 5) is 2.33. The van der Waals surface area contributed by atoms with Crippen LogP contribution in [0.5, 0.6) is 0 Å². The zero-order valence-corrected chi connectivity index (χ0v) is 10.6. The second-order valence-electron chi connectivity index (χ2n) is 5.66. The predicted molar refractivity (Wildman–Crippen MR) is 69.3 cm³/mol. The van der Waals surface area contributed by atoms with Gasteiger partial charge in [-0.1, -0.05) is 0 Å². The van der Waals surface area contributed by atoms with Crippen LogP contribution in [0.4, 0.5) is 4.39 Å². The molecule has 1 N–H and O–H groups in total. The Morgan fingerprint density at radius 2 is 2.21 bits per heavy atom. The molecule has 0 saturated carbocycles. The van der Waals surface area contributed by atoms with E-state index in [1.807, 2.05) is 0 Å². The van der Waals surface area contributed by atoms with Crippen LogP contribution >= 0.6 is 0 Å². The third kappa shape index (κ3) is 1.56. The molecule has 1 aromatic carbocycles. The summed E-state index contributed by atoms with van der Waals surface area (Å²) >= 11 is 0. The van der Waals surface area contributed by atoms with E-state index in [2.05, 4.69) is 4.90 Å². The van der Waals surface area contributed by atoms with Gasteiger partial charge in [-0.15, -0.1) is 0 Å². The second-order valence-corrected chi connectivity index (χ2v) is 5.66. The van der Waals surface area contributed by atoms with Gasteiger partial charge in [-0.2, -0.15) is 0 Å². The van der Waals surface area contributed by atoms with Crippen molar-refractivity contribution in [1.82, 2.24) is 4.90 Å². The zero-order chi connectivity index (χ0) is 13.0. The van der Waals surface area contributed by atoms with Gasteiger partial charge in [0.25, 0.3) is 0 Å². The highest BCUT2D eigenvalue weighted by molar-refractivity contribution is 5.78. The van der Waals surface area contributed by atoms with Crippen molar-refractivity contribution in [3.63, 3.8) is 0 Å². The molecule has 4 heteroatoms. The Kier molecular flexibility index (Phi) is 2.29. The molecule has 4 rings (SSSR count). The summed E-state index contributed by atoms with van der Waals surface area (Å²) in [5.41, 5.74) is -0.271. The van der Waals surface area contributed by atoms with Crippen LogP contribution in [0.25, 0.3) is 11.0 Å². The number of benzene rings is 1. The van der Waals surface area contributed by atoms with E-state index < -0.39 is 5.60 Å². The molecule has 2 fully saturated rings. The van der Waals surface area contributed by atoms with Crippen LogP contribution in [0.3, 0.4) is 0 Å². The van der Waals surface area contributed by atoms with E-state index in [1.165, 1.54) is 12.1 Å². The molecule has 2 aromatic rings. The molecule has 1 aromatic heterocycles. The van der Waals surface area contributed by atoms with Gasteiger partial charge in [-0.25, -0.2) is 4.39 Å². The first-order valence-corrected chi connectivity index (χ1v) is 6.83. The van der Waals surface area contributed by atoms with Crippen molar-refractivity contribution >= 4 is 11.0 Å². The Bertz CT molecular complexity index is 638. The Hall–Kier alpha value is -1.39. The quantitative estimate of drug-likeness (QED) is 0.857. The van der Waals surface area contributed by atoms with Crippen molar-refractivity contribution in [3.05, 3.63) is 35.8 Å². The smallest absolute Gasteiger partial charge is 0.139 e. The van der Waals surface area contributed by atoms with E-state index >= 15 is 0 Å². The van der Waals surface area contributed by atoms with Gasteiger partial charge in [-0.05, 0) is 50.1 Å². The van der Waals surface area contributed by atoms with Gasteiger partial charge in [0.05, 0.1) is 0 Å². The summed E-state index contributed by atoms with van der Waals surface area (Å²) in [6, 6.07) is 6.40. The minimum Gasteiger partial charge on any atom is -0.458 e. The number of aliphatic hydroxyl groups is 1. The van der Waals surface area contributed by atoms with Crippen molar-refractivity contribution in [2.75, 3.05) is 13.1 Å². The highest BCUT2D eigenvalue weighted by Gasteiger charge is 2.51. The minimum absolute atomic E-state index is 0.151. The molecule has 2 atom stereocenters. The van der Waals surface area contributed by atoms with Crippen molar-refractivity contribution in [1.29, 1.82) is 0 Å². The normalized spacial score (nSPS) is 31.2.